The summed E-state index contributed by atoms with van der Waals surface area (Å²) in [4.78, 5) is 9.39. The van der Waals surface area contributed by atoms with Gasteiger partial charge in [-0.1, -0.05) is 34.4 Å². The van der Waals surface area contributed by atoms with Gasteiger partial charge in [0.1, 0.15) is 0 Å². The molecule has 0 radical (unpaired) electrons. The van der Waals surface area contributed by atoms with Crippen LogP contribution in [0.1, 0.15) is 18.7 Å². The number of benzene rings is 1. The van der Waals surface area contributed by atoms with Crippen molar-refractivity contribution in [2.45, 2.75) is 13.2 Å². The number of aromatic nitrogens is 2. The summed E-state index contributed by atoms with van der Waals surface area (Å²) >= 11 is 12.0. The van der Waals surface area contributed by atoms with Crippen LogP contribution in [0, 0.1) is 0 Å². The van der Waals surface area contributed by atoms with Crippen LogP contribution in [-0.2, 0) is 4.84 Å². The summed E-state index contributed by atoms with van der Waals surface area (Å²) in [7, 11) is 0. The van der Waals surface area contributed by atoms with Gasteiger partial charge in [0.05, 0.1) is 11.3 Å². The van der Waals surface area contributed by atoms with Gasteiger partial charge in [0.2, 0.25) is 6.23 Å². The van der Waals surface area contributed by atoms with E-state index in [1.165, 1.54) is 0 Å². The molecule has 0 aliphatic carbocycles. The minimum Gasteiger partial charge on any atom is -0.365 e. The quantitative estimate of drug-likeness (QED) is 0.633. The highest BCUT2D eigenvalue weighted by Crippen LogP contribution is 2.29. The van der Waals surface area contributed by atoms with Crippen molar-refractivity contribution in [3.63, 3.8) is 0 Å². The van der Waals surface area contributed by atoms with Gasteiger partial charge in [0.25, 0.3) is 0 Å². The maximum Gasteiger partial charge on any atom is 0.231 e. The van der Waals surface area contributed by atoms with Crippen LogP contribution in [0.4, 0.5) is 0 Å². The summed E-state index contributed by atoms with van der Waals surface area (Å²) in [6.45, 7) is 1.77. The third-order valence-electron chi connectivity index (χ3n) is 2.29. The smallest absolute Gasteiger partial charge is 0.231 e. The molecule has 18 heavy (non-hydrogen) atoms. The van der Waals surface area contributed by atoms with Crippen LogP contribution in [0.25, 0.3) is 0 Å². The summed E-state index contributed by atoms with van der Waals surface area (Å²) < 4.78 is 1.77. The van der Waals surface area contributed by atoms with Crippen molar-refractivity contribution in [1.82, 2.24) is 9.55 Å². The van der Waals surface area contributed by atoms with Crippen molar-refractivity contribution in [2.24, 2.45) is 5.16 Å². The molecule has 0 fully saturated rings. The van der Waals surface area contributed by atoms with Crippen molar-refractivity contribution >= 4 is 29.4 Å². The molecule has 0 aliphatic rings. The predicted octanol–water partition coefficient (Wildman–Crippen LogP) is 3.76. The molecule has 4 nitrogen and oxygen atoms in total. The van der Waals surface area contributed by atoms with E-state index in [1.54, 1.807) is 54.6 Å². The largest absolute Gasteiger partial charge is 0.365 e. The Morgan fingerprint density at radius 2 is 2.28 bits per heavy atom. The topological polar surface area (TPSA) is 39.4 Å². The van der Waals surface area contributed by atoms with Crippen molar-refractivity contribution in [3.8, 4) is 0 Å². The number of nitrogens with zero attached hydrogens (tertiary/aromatic N) is 3. The average molecular weight is 284 g/mol. The molecule has 0 spiro atoms. The number of imidazole rings is 1. The predicted molar refractivity (Wildman–Crippen MR) is 72.1 cm³/mol. The fourth-order valence-corrected chi connectivity index (χ4v) is 2.00. The molecule has 1 aromatic heterocycles. The lowest BCUT2D eigenvalue weighted by molar-refractivity contribution is 0.0379. The molecule has 2 rings (SSSR count). The lowest BCUT2D eigenvalue weighted by Gasteiger charge is -2.17. The van der Waals surface area contributed by atoms with Gasteiger partial charge < -0.3 is 4.84 Å². The molecule has 1 unspecified atom stereocenters. The third kappa shape index (κ3) is 2.83. The Labute approximate surface area is 115 Å². The normalized spacial score (nSPS) is 12.8. The minimum atomic E-state index is -0.464. The average Bonchev–Trinajstić information content (AvgIpc) is 2.85. The van der Waals surface area contributed by atoms with E-state index < -0.39 is 6.23 Å². The van der Waals surface area contributed by atoms with Gasteiger partial charge in [-0.05, 0) is 19.1 Å². The second kappa shape index (κ2) is 5.89. The number of halogens is 2. The molecule has 2 aromatic rings. The second-order valence-corrected chi connectivity index (χ2v) is 4.34. The van der Waals surface area contributed by atoms with E-state index in [0.717, 1.165) is 5.56 Å². The maximum absolute atomic E-state index is 6.17. The summed E-state index contributed by atoms with van der Waals surface area (Å²) in [5.74, 6) is 0. The molecular formula is C12H11Cl2N3O. The molecular weight excluding hydrogens is 273 g/mol. The highest BCUT2D eigenvalue weighted by atomic mass is 35.5. The maximum atomic E-state index is 6.17. The fourth-order valence-electron chi connectivity index (χ4n) is 1.50. The van der Waals surface area contributed by atoms with E-state index in [0.29, 0.717) is 10.0 Å². The first-order chi connectivity index (χ1) is 8.72. The number of hydrogen-bond donors (Lipinski definition) is 0. The van der Waals surface area contributed by atoms with Gasteiger partial charge >= 0.3 is 0 Å². The Morgan fingerprint density at radius 3 is 2.89 bits per heavy atom. The Kier molecular flexibility index (Phi) is 4.23. The fraction of sp³-hybridized carbons (Fsp3) is 0.167. The van der Waals surface area contributed by atoms with E-state index in [-0.39, 0.29) is 0 Å². The van der Waals surface area contributed by atoms with Crippen molar-refractivity contribution in [1.29, 1.82) is 0 Å². The van der Waals surface area contributed by atoms with Gasteiger partial charge in [-0.15, -0.1) is 0 Å². The van der Waals surface area contributed by atoms with Crippen molar-refractivity contribution < 1.29 is 4.84 Å². The molecule has 0 saturated carbocycles. The molecule has 1 heterocycles. The molecule has 1 atom stereocenters. The summed E-state index contributed by atoms with van der Waals surface area (Å²) in [6, 6.07) is 5.23. The lowest BCUT2D eigenvalue weighted by atomic mass is 10.2. The minimum absolute atomic E-state index is 0.464. The molecule has 0 aliphatic heterocycles. The Bertz CT molecular complexity index is 540. The third-order valence-corrected chi connectivity index (χ3v) is 2.85. The highest BCUT2D eigenvalue weighted by molar-refractivity contribution is 6.35. The molecule has 1 aromatic carbocycles. The second-order valence-electron chi connectivity index (χ2n) is 3.50. The van der Waals surface area contributed by atoms with Gasteiger partial charge in [-0.3, -0.25) is 4.57 Å². The first kappa shape index (κ1) is 12.9. The summed E-state index contributed by atoms with van der Waals surface area (Å²) in [5.41, 5.74) is 0.768. The molecule has 94 valence electrons. The molecule has 0 saturated heterocycles. The molecule has 0 N–H and O–H groups in total. The monoisotopic (exact) mass is 283 g/mol. The van der Waals surface area contributed by atoms with Crippen LogP contribution in [-0.4, -0.2) is 15.8 Å². The van der Waals surface area contributed by atoms with Gasteiger partial charge in [-0.2, -0.15) is 0 Å². The van der Waals surface area contributed by atoms with Gasteiger partial charge in [0.15, 0.2) is 0 Å². The number of hydrogen-bond acceptors (Lipinski definition) is 3. The summed E-state index contributed by atoms with van der Waals surface area (Å²) in [5, 5.41) is 4.90. The van der Waals surface area contributed by atoms with Crippen LogP contribution < -0.4 is 0 Å². The van der Waals surface area contributed by atoms with E-state index in [2.05, 4.69) is 10.1 Å². The van der Waals surface area contributed by atoms with E-state index >= 15 is 0 Å². The van der Waals surface area contributed by atoms with E-state index in [4.69, 9.17) is 28.0 Å². The molecule has 0 amide bonds. The van der Waals surface area contributed by atoms with Crippen LogP contribution in [0.2, 0.25) is 10.0 Å². The Hall–Kier alpha value is -1.52. The lowest BCUT2D eigenvalue weighted by Crippen LogP contribution is -2.11. The zero-order valence-corrected chi connectivity index (χ0v) is 11.1. The van der Waals surface area contributed by atoms with Crippen LogP contribution in [0.3, 0.4) is 0 Å². The SMILES string of the molecule is CC=NOC(c1ccc(Cl)cc1Cl)n1ccnc1. The van der Waals surface area contributed by atoms with Crippen molar-refractivity contribution in [2.75, 3.05) is 0 Å². The van der Waals surface area contributed by atoms with Crippen LogP contribution in [0.15, 0.2) is 42.1 Å². The molecule has 6 heteroatoms. The first-order valence-electron chi connectivity index (χ1n) is 5.28. The standard InChI is InChI=1S/C12H11Cl2N3O/c1-2-16-18-12(17-6-5-15-8-17)10-4-3-9(13)7-11(10)14/h2-8,12H,1H3. The first-order valence-corrected chi connectivity index (χ1v) is 6.04. The highest BCUT2D eigenvalue weighted by Gasteiger charge is 2.18. The molecule has 0 bridgehead atoms. The zero-order valence-electron chi connectivity index (χ0n) is 9.62. The number of rotatable bonds is 4. The van der Waals surface area contributed by atoms with Crippen molar-refractivity contribution in [3.05, 3.63) is 52.5 Å². The van der Waals surface area contributed by atoms with Gasteiger partial charge in [0, 0.05) is 29.2 Å². The summed E-state index contributed by atoms with van der Waals surface area (Å²) in [6.07, 6.45) is 6.18. The Morgan fingerprint density at radius 1 is 1.44 bits per heavy atom. The Balaban J connectivity index is 2.39. The van der Waals surface area contributed by atoms with E-state index in [1.807, 2.05) is 0 Å². The van der Waals surface area contributed by atoms with Gasteiger partial charge in [-0.25, -0.2) is 4.98 Å². The van der Waals surface area contributed by atoms with E-state index in [9.17, 15) is 0 Å². The van der Waals surface area contributed by atoms with Crippen LogP contribution >= 0.6 is 23.2 Å². The zero-order chi connectivity index (χ0) is 13.0. The number of oxime groups is 1. The van der Waals surface area contributed by atoms with Crippen LogP contribution in [0.5, 0.6) is 0 Å².